The van der Waals surface area contributed by atoms with Crippen LogP contribution < -0.4 is 5.32 Å². The molecule has 5 nitrogen and oxygen atoms in total. The van der Waals surface area contributed by atoms with Crippen LogP contribution in [0.5, 0.6) is 5.75 Å². The van der Waals surface area contributed by atoms with Crippen molar-refractivity contribution < 1.29 is 27.8 Å². The van der Waals surface area contributed by atoms with Gasteiger partial charge in [-0.05, 0) is 35.9 Å². The van der Waals surface area contributed by atoms with Crippen molar-refractivity contribution in [2.45, 2.75) is 11.8 Å². The lowest BCUT2D eigenvalue weighted by molar-refractivity contribution is -0.188. The van der Waals surface area contributed by atoms with Crippen LogP contribution in [0.15, 0.2) is 65.3 Å². The lowest BCUT2D eigenvalue weighted by atomic mass is 9.91. The first-order chi connectivity index (χ1) is 13.7. The molecule has 0 radical (unpaired) electrons. The number of benzene rings is 2. The molecular weight excluding hydrogens is 409 g/mol. The van der Waals surface area contributed by atoms with E-state index in [-0.39, 0.29) is 23.6 Å². The van der Waals surface area contributed by atoms with Crippen LogP contribution in [0.2, 0.25) is 5.02 Å². The average molecular weight is 425 g/mol. The van der Waals surface area contributed by atoms with Crippen LogP contribution in [0.4, 0.5) is 13.2 Å². The smallest absolute Gasteiger partial charge is 0.411 e. The Balaban J connectivity index is 1.93. The lowest BCUT2D eigenvalue weighted by Gasteiger charge is -2.31. The number of aliphatic imine (C=N–C) groups is 1. The minimum Gasteiger partial charge on any atom is -0.507 e. The fourth-order valence-electron chi connectivity index (χ4n) is 2.81. The molecule has 1 unspecified atom stereocenters. The van der Waals surface area contributed by atoms with Crippen LogP contribution >= 0.6 is 11.6 Å². The summed E-state index contributed by atoms with van der Waals surface area (Å²) in [5.41, 5.74) is -1.02. The predicted octanol–water partition coefficient (Wildman–Crippen LogP) is 4.22. The SMILES string of the molecule is O=C(NC1=CC(OCC(F)(F)F)(c2ccc(Cl)cc2)C=NC1)c1ccccc1O. The molecule has 1 aliphatic rings. The molecule has 0 fully saturated rings. The second kappa shape index (κ2) is 8.26. The van der Waals surface area contributed by atoms with E-state index in [1.165, 1.54) is 48.7 Å². The third kappa shape index (κ3) is 5.16. The molecule has 9 heteroatoms. The number of alkyl halides is 3. The molecule has 2 aromatic carbocycles. The summed E-state index contributed by atoms with van der Waals surface area (Å²) in [6.45, 7) is -1.48. The number of rotatable bonds is 5. The molecule has 152 valence electrons. The van der Waals surface area contributed by atoms with E-state index < -0.39 is 24.3 Å². The zero-order valence-corrected chi connectivity index (χ0v) is 15.7. The third-order valence-electron chi connectivity index (χ3n) is 4.13. The fraction of sp³-hybridized carbons (Fsp3) is 0.200. The highest BCUT2D eigenvalue weighted by Crippen LogP contribution is 2.32. The van der Waals surface area contributed by atoms with Crippen molar-refractivity contribution in [1.29, 1.82) is 0 Å². The molecule has 0 saturated carbocycles. The molecule has 0 aliphatic carbocycles. The minimum atomic E-state index is -4.56. The van der Waals surface area contributed by atoms with E-state index in [2.05, 4.69) is 10.3 Å². The summed E-state index contributed by atoms with van der Waals surface area (Å²) in [4.78, 5) is 16.5. The van der Waals surface area contributed by atoms with Crippen LogP contribution in [0.25, 0.3) is 0 Å². The number of para-hydroxylation sites is 1. The molecule has 0 aromatic heterocycles. The van der Waals surface area contributed by atoms with E-state index in [0.29, 0.717) is 10.6 Å². The maximum absolute atomic E-state index is 12.8. The topological polar surface area (TPSA) is 70.9 Å². The maximum atomic E-state index is 12.8. The number of phenolic OH excluding ortho intramolecular Hbond substituents is 1. The number of halogens is 4. The molecule has 2 aromatic rings. The molecule has 29 heavy (non-hydrogen) atoms. The van der Waals surface area contributed by atoms with Gasteiger partial charge in [0, 0.05) is 16.9 Å². The van der Waals surface area contributed by atoms with Gasteiger partial charge in [0.05, 0.1) is 12.1 Å². The highest BCUT2D eigenvalue weighted by atomic mass is 35.5. The van der Waals surface area contributed by atoms with Gasteiger partial charge in [0.15, 0.2) is 0 Å². The largest absolute Gasteiger partial charge is 0.507 e. The second-order valence-electron chi connectivity index (χ2n) is 6.31. The number of carbonyl (C=O) groups excluding carboxylic acids is 1. The molecule has 1 heterocycles. The first kappa shape index (κ1) is 20.9. The Labute approximate surface area is 169 Å². The van der Waals surface area contributed by atoms with Crippen molar-refractivity contribution in [1.82, 2.24) is 5.32 Å². The number of phenols is 1. The number of dihydropyridines is 1. The summed E-state index contributed by atoms with van der Waals surface area (Å²) in [5.74, 6) is -0.838. The lowest BCUT2D eigenvalue weighted by Crippen LogP contribution is -2.38. The quantitative estimate of drug-likeness (QED) is 0.755. The average Bonchev–Trinajstić information content (AvgIpc) is 2.67. The highest BCUT2D eigenvalue weighted by Gasteiger charge is 2.38. The van der Waals surface area contributed by atoms with E-state index in [1.54, 1.807) is 12.1 Å². The number of nitrogens with one attached hydrogen (secondary N) is 1. The molecule has 1 aliphatic heterocycles. The Bertz CT molecular complexity index is 958. The summed E-state index contributed by atoms with van der Waals surface area (Å²) in [5, 5.41) is 12.8. The Morgan fingerprint density at radius 2 is 1.90 bits per heavy atom. The number of hydrogen-bond acceptors (Lipinski definition) is 4. The summed E-state index contributed by atoms with van der Waals surface area (Å²) in [7, 11) is 0. The molecule has 1 amide bonds. The van der Waals surface area contributed by atoms with Gasteiger partial charge >= 0.3 is 6.18 Å². The Morgan fingerprint density at radius 1 is 1.21 bits per heavy atom. The Hall–Kier alpha value is -2.84. The number of ether oxygens (including phenoxy) is 1. The van der Waals surface area contributed by atoms with E-state index in [0.717, 1.165) is 0 Å². The molecule has 0 bridgehead atoms. The zero-order chi connectivity index (χ0) is 21.1. The van der Waals surface area contributed by atoms with Crippen LogP contribution in [0.3, 0.4) is 0 Å². The molecule has 1 atom stereocenters. The van der Waals surface area contributed by atoms with E-state index in [1.807, 2.05) is 0 Å². The minimum absolute atomic E-state index is 0.0243. The zero-order valence-electron chi connectivity index (χ0n) is 14.9. The van der Waals surface area contributed by atoms with Gasteiger partial charge in [0.25, 0.3) is 5.91 Å². The molecule has 0 saturated heterocycles. The van der Waals surface area contributed by atoms with Crippen LogP contribution in [-0.2, 0) is 10.3 Å². The predicted molar refractivity (Wildman–Crippen MR) is 102 cm³/mol. The van der Waals surface area contributed by atoms with Crippen LogP contribution in [0, 0.1) is 0 Å². The van der Waals surface area contributed by atoms with Crippen molar-refractivity contribution in [2.24, 2.45) is 4.99 Å². The number of nitrogens with zero attached hydrogens (tertiary/aromatic N) is 1. The fourth-order valence-corrected chi connectivity index (χ4v) is 2.93. The first-order valence-corrected chi connectivity index (χ1v) is 8.85. The van der Waals surface area contributed by atoms with Crippen LogP contribution in [-0.4, -0.2) is 36.6 Å². The van der Waals surface area contributed by atoms with Gasteiger partial charge in [0.1, 0.15) is 18.0 Å². The standard InChI is InChI=1S/C20H16ClF3N2O3/c21-14-7-5-13(6-8-14)19(29-12-20(22,23)24)9-15(10-25-11-19)26-18(28)16-3-1-2-4-17(16)27/h1-9,11,27H,10,12H2,(H,26,28). The van der Waals surface area contributed by atoms with Gasteiger partial charge in [-0.2, -0.15) is 13.2 Å². The van der Waals surface area contributed by atoms with Crippen molar-refractivity contribution >= 4 is 23.7 Å². The first-order valence-electron chi connectivity index (χ1n) is 8.47. The summed E-state index contributed by atoms with van der Waals surface area (Å²) in [6, 6.07) is 12.0. The normalized spacial score (nSPS) is 19.0. The molecule has 0 spiro atoms. The van der Waals surface area contributed by atoms with Crippen molar-refractivity contribution in [3.8, 4) is 5.75 Å². The summed E-state index contributed by atoms with van der Waals surface area (Å²) >= 11 is 5.88. The maximum Gasteiger partial charge on any atom is 0.411 e. The number of amides is 1. The highest BCUT2D eigenvalue weighted by molar-refractivity contribution is 6.30. The monoisotopic (exact) mass is 424 g/mol. The van der Waals surface area contributed by atoms with Crippen molar-refractivity contribution in [3.05, 3.63) is 76.5 Å². The number of carbonyl (C=O) groups is 1. The van der Waals surface area contributed by atoms with E-state index in [9.17, 15) is 23.1 Å². The van der Waals surface area contributed by atoms with Gasteiger partial charge in [-0.1, -0.05) is 35.9 Å². The van der Waals surface area contributed by atoms with E-state index >= 15 is 0 Å². The van der Waals surface area contributed by atoms with Crippen molar-refractivity contribution in [3.63, 3.8) is 0 Å². The van der Waals surface area contributed by atoms with Gasteiger partial charge in [0.2, 0.25) is 0 Å². The number of aromatic hydroxyl groups is 1. The molecule has 2 N–H and O–H groups in total. The van der Waals surface area contributed by atoms with Gasteiger partial charge in [-0.25, -0.2) is 0 Å². The van der Waals surface area contributed by atoms with Gasteiger partial charge < -0.3 is 15.2 Å². The molecular formula is C20H16ClF3N2O3. The Morgan fingerprint density at radius 3 is 2.55 bits per heavy atom. The van der Waals surface area contributed by atoms with Gasteiger partial charge in [-0.3, -0.25) is 9.79 Å². The summed E-state index contributed by atoms with van der Waals surface area (Å²) in [6.07, 6.45) is -1.93. The molecule has 3 rings (SSSR count). The number of hydrogen-bond donors (Lipinski definition) is 2. The van der Waals surface area contributed by atoms with E-state index in [4.69, 9.17) is 16.3 Å². The second-order valence-corrected chi connectivity index (χ2v) is 6.75. The summed E-state index contributed by atoms with van der Waals surface area (Å²) < 4.78 is 43.7. The van der Waals surface area contributed by atoms with Crippen LogP contribution in [0.1, 0.15) is 15.9 Å². The Kier molecular flexibility index (Phi) is 5.95. The van der Waals surface area contributed by atoms with Gasteiger partial charge in [-0.15, -0.1) is 0 Å². The third-order valence-corrected chi connectivity index (χ3v) is 4.38. The van der Waals surface area contributed by atoms with Crippen molar-refractivity contribution in [2.75, 3.05) is 13.2 Å².